The number of nitrogens with zero attached hydrogens (tertiary/aromatic N) is 2. The van der Waals surface area contributed by atoms with Gasteiger partial charge in [-0.2, -0.15) is 5.10 Å². The number of carbonyl (C=O) groups excluding carboxylic acids is 2. The standard InChI is InChI=1S/C18H16N4O3S/c1-9-13(17(24)25-2)19-18(26-9)20-16(23)15-12-8-7-10-5-3-4-6-11(10)14(12)21-22-15/h3-6H,7-8H2,1-2H3,(H,21,22)(H,19,20,23). The van der Waals surface area contributed by atoms with E-state index in [2.05, 4.69) is 26.6 Å². The molecule has 26 heavy (non-hydrogen) atoms. The predicted molar refractivity (Wildman–Crippen MR) is 97.6 cm³/mol. The molecule has 0 atom stereocenters. The third-order valence-electron chi connectivity index (χ3n) is 4.41. The van der Waals surface area contributed by atoms with Gasteiger partial charge >= 0.3 is 5.97 Å². The van der Waals surface area contributed by atoms with Crippen molar-refractivity contribution in [3.05, 3.63) is 51.7 Å². The molecule has 0 saturated carbocycles. The highest BCUT2D eigenvalue weighted by atomic mass is 32.1. The highest BCUT2D eigenvalue weighted by Crippen LogP contribution is 2.33. The molecule has 8 heteroatoms. The summed E-state index contributed by atoms with van der Waals surface area (Å²) in [6.45, 7) is 1.76. The van der Waals surface area contributed by atoms with E-state index in [1.807, 2.05) is 18.2 Å². The summed E-state index contributed by atoms with van der Waals surface area (Å²) in [6, 6.07) is 8.07. The molecule has 132 valence electrons. The first-order valence-electron chi connectivity index (χ1n) is 8.11. The number of H-pyrrole nitrogens is 1. The van der Waals surface area contributed by atoms with Gasteiger partial charge in [-0.25, -0.2) is 9.78 Å². The first-order valence-corrected chi connectivity index (χ1v) is 8.92. The number of ether oxygens (including phenoxy) is 1. The number of benzene rings is 1. The molecule has 1 aromatic carbocycles. The van der Waals surface area contributed by atoms with Crippen LogP contribution in [0.2, 0.25) is 0 Å². The summed E-state index contributed by atoms with van der Waals surface area (Å²) in [4.78, 5) is 29.2. The fourth-order valence-corrected chi connectivity index (χ4v) is 3.94. The summed E-state index contributed by atoms with van der Waals surface area (Å²) >= 11 is 1.23. The first kappa shape index (κ1) is 16.5. The summed E-state index contributed by atoms with van der Waals surface area (Å²) in [5.74, 6) is -0.835. The smallest absolute Gasteiger partial charge is 0.357 e. The zero-order valence-corrected chi connectivity index (χ0v) is 15.1. The lowest BCUT2D eigenvalue weighted by molar-refractivity contribution is 0.0594. The van der Waals surface area contributed by atoms with Gasteiger partial charge in [-0.3, -0.25) is 15.2 Å². The molecule has 0 saturated heterocycles. The third-order valence-corrected chi connectivity index (χ3v) is 5.29. The molecule has 3 aromatic rings. The van der Waals surface area contributed by atoms with Crippen LogP contribution in [0, 0.1) is 6.92 Å². The molecule has 0 unspecified atom stereocenters. The lowest BCUT2D eigenvalue weighted by Crippen LogP contribution is -2.16. The van der Waals surface area contributed by atoms with E-state index in [1.54, 1.807) is 6.92 Å². The van der Waals surface area contributed by atoms with Crippen molar-refractivity contribution in [2.45, 2.75) is 19.8 Å². The Morgan fingerprint density at radius 3 is 2.88 bits per heavy atom. The number of hydrogen-bond acceptors (Lipinski definition) is 6. The second-order valence-corrected chi connectivity index (χ2v) is 7.16. The molecule has 2 heterocycles. The largest absolute Gasteiger partial charge is 0.464 e. The molecular weight excluding hydrogens is 352 g/mol. The molecule has 1 amide bonds. The summed E-state index contributed by atoms with van der Waals surface area (Å²) in [5.41, 5.74) is 4.67. The number of esters is 1. The minimum atomic E-state index is -0.519. The number of methoxy groups -OCH3 is 1. The number of anilines is 1. The number of amides is 1. The molecule has 0 spiro atoms. The van der Waals surface area contributed by atoms with Crippen LogP contribution in [-0.2, 0) is 17.6 Å². The highest BCUT2D eigenvalue weighted by molar-refractivity contribution is 7.16. The van der Waals surface area contributed by atoms with Gasteiger partial charge < -0.3 is 4.74 Å². The summed E-state index contributed by atoms with van der Waals surface area (Å²) < 4.78 is 4.69. The Labute approximate surface area is 153 Å². The molecule has 0 bridgehead atoms. The van der Waals surface area contributed by atoms with Crippen molar-refractivity contribution in [1.29, 1.82) is 0 Å². The van der Waals surface area contributed by atoms with Crippen molar-refractivity contribution in [2.75, 3.05) is 12.4 Å². The lowest BCUT2D eigenvalue weighted by Gasteiger charge is -2.15. The average molecular weight is 368 g/mol. The maximum atomic E-state index is 12.7. The minimum Gasteiger partial charge on any atom is -0.464 e. The quantitative estimate of drug-likeness (QED) is 0.693. The summed E-state index contributed by atoms with van der Waals surface area (Å²) in [7, 11) is 1.30. The van der Waals surface area contributed by atoms with Crippen LogP contribution in [-0.4, -0.2) is 34.2 Å². The highest BCUT2D eigenvalue weighted by Gasteiger charge is 2.26. The molecule has 7 nitrogen and oxygen atoms in total. The maximum Gasteiger partial charge on any atom is 0.357 e. The monoisotopic (exact) mass is 368 g/mol. The molecule has 1 aliphatic carbocycles. The van der Waals surface area contributed by atoms with Gasteiger partial charge in [0.05, 0.1) is 12.8 Å². The SMILES string of the molecule is COC(=O)c1nc(NC(=O)c2[nH]nc3c2CCc2ccccc2-3)sc1C. The van der Waals surface area contributed by atoms with Crippen molar-refractivity contribution in [2.24, 2.45) is 0 Å². The van der Waals surface area contributed by atoms with Crippen LogP contribution in [0.25, 0.3) is 11.3 Å². The fourth-order valence-electron chi connectivity index (χ4n) is 3.14. The molecule has 1 aliphatic rings. The van der Waals surface area contributed by atoms with Crippen molar-refractivity contribution < 1.29 is 14.3 Å². The molecule has 4 rings (SSSR count). The van der Waals surface area contributed by atoms with Gasteiger partial charge in [-0.1, -0.05) is 24.3 Å². The van der Waals surface area contributed by atoms with E-state index >= 15 is 0 Å². The average Bonchev–Trinajstić information content (AvgIpc) is 3.24. The van der Waals surface area contributed by atoms with Gasteiger partial charge in [-0.15, -0.1) is 11.3 Å². The molecule has 2 N–H and O–H groups in total. The topological polar surface area (TPSA) is 97.0 Å². The van der Waals surface area contributed by atoms with Gasteiger partial charge in [0.15, 0.2) is 10.8 Å². The van der Waals surface area contributed by atoms with Gasteiger partial charge in [0.1, 0.15) is 5.69 Å². The van der Waals surface area contributed by atoms with Crippen LogP contribution in [0.3, 0.4) is 0 Å². The number of carbonyl (C=O) groups is 2. The fraction of sp³-hybridized carbons (Fsp3) is 0.222. The summed E-state index contributed by atoms with van der Waals surface area (Å²) in [5, 5.41) is 10.3. The van der Waals surface area contributed by atoms with E-state index in [4.69, 9.17) is 4.74 Å². The van der Waals surface area contributed by atoms with Crippen LogP contribution in [0.15, 0.2) is 24.3 Å². The third kappa shape index (κ3) is 2.68. The number of aryl methyl sites for hydroxylation is 2. The zero-order valence-electron chi connectivity index (χ0n) is 14.3. The lowest BCUT2D eigenvalue weighted by atomic mass is 9.89. The number of rotatable bonds is 3. The van der Waals surface area contributed by atoms with E-state index in [0.29, 0.717) is 15.7 Å². The minimum absolute atomic E-state index is 0.216. The second kappa shape index (κ2) is 6.38. The van der Waals surface area contributed by atoms with E-state index in [1.165, 1.54) is 24.0 Å². The van der Waals surface area contributed by atoms with Crippen molar-refractivity contribution in [3.8, 4) is 11.3 Å². The van der Waals surface area contributed by atoms with E-state index in [9.17, 15) is 9.59 Å². The van der Waals surface area contributed by atoms with Gasteiger partial charge in [0.25, 0.3) is 5.91 Å². The first-order chi connectivity index (χ1) is 12.6. The predicted octanol–water partition coefficient (Wildman–Crippen LogP) is 2.98. The van der Waals surface area contributed by atoms with Gasteiger partial charge in [-0.05, 0) is 25.3 Å². The van der Waals surface area contributed by atoms with Crippen molar-refractivity contribution in [1.82, 2.24) is 15.2 Å². The van der Waals surface area contributed by atoms with Crippen molar-refractivity contribution in [3.63, 3.8) is 0 Å². The number of nitrogens with one attached hydrogen (secondary N) is 2. The van der Waals surface area contributed by atoms with E-state index in [-0.39, 0.29) is 11.6 Å². The Balaban J connectivity index is 1.62. The number of fused-ring (bicyclic) bond motifs is 3. The Morgan fingerprint density at radius 1 is 1.27 bits per heavy atom. The van der Waals surface area contributed by atoms with Gasteiger partial charge in [0.2, 0.25) is 0 Å². The van der Waals surface area contributed by atoms with E-state index < -0.39 is 5.97 Å². The Bertz CT molecular complexity index is 1020. The van der Waals surface area contributed by atoms with Crippen LogP contribution >= 0.6 is 11.3 Å². The van der Waals surface area contributed by atoms with Crippen molar-refractivity contribution >= 4 is 28.3 Å². The zero-order chi connectivity index (χ0) is 18.3. The number of aromatic amines is 1. The molecule has 0 fully saturated rings. The maximum absolute atomic E-state index is 12.7. The van der Waals surface area contributed by atoms with Gasteiger partial charge in [0, 0.05) is 16.0 Å². The molecule has 0 aliphatic heterocycles. The summed E-state index contributed by atoms with van der Waals surface area (Å²) in [6.07, 6.45) is 1.61. The van der Waals surface area contributed by atoms with Crippen LogP contribution in [0.4, 0.5) is 5.13 Å². The molecule has 2 aromatic heterocycles. The Morgan fingerprint density at radius 2 is 2.08 bits per heavy atom. The van der Waals surface area contributed by atoms with Crippen LogP contribution in [0.5, 0.6) is 0 Å². The molecular formula is C18H16N4O3S. The normalized spacial score (nSPS) is 12.2. The Kier molecular flexibility index (Phi) is 4.04. The Hall–Kier alpha value is -3.00. The van der Waals surface area contributed by atoms with Crippen LogP contribution in [0.1, 0.15) is 37.0 Å². The van der Waals surface area contributed by atoms with E-state index in [0.717, 1.165) is 29.7 Å². The number of aromatic nitrogens is 3. The number of hydrogen-bond donors (Lipinski definition) is 2. The second-order valence-electron chi connectivity index (χ2n) is 5.95. The molecule has 0 radical (unpaired) electrons. The number of thiazole rings is 1. The van der Waals surface area contributed by atoms with Crippen LogP contribution < -0.4 is 5.32 Å².